The lowest BCUT2D eigenvalue weighted by Crippen LogP contribution is -2.29. The molecule has 0 spiro atoms. The third-order valence-corrected chi connectivity index (χ3v) is 4.11. The number of benzene rings is 1. The molecule has 0 fully saturated rings. The van der Waals surface area contributed by atoms with Crippen molar-refractivity contribution in [2.45, 2.75) is 58.8 Å². The predicted octanol–water partition coefficient (Wildman–Crippen LogP) is 5.40. The van der Waals surface area contributed by atoms with Crippen LogP contribution in [0.1, 0.15) is 52.0 Å². The van der Waals surface area contributed by atoms with Gasteiger partial charge in [0, 0.05) is 9.13 Å². The molecule has 0 bridgehead atoms. The lowest BCUT2D eigenvalue weighted by molar-refractivity contribution is -0.0945. The Kier molecular flexibility index (Phi) is 5.90. The highest BCUT2D eigenvalue weighted by molar-refractivity contribution is 14.1. The third-order valence-electron chi connectivity index (χ3n) is 3.44. The highest BCUT2D eigenvalue weighted by Crippen LogP contribution is 2.33. The number of ether oxygens (including phenoxy) is 2. The summed E-state index contributed by atoms with van der Waals surface area (Å²) in [6, 6.07) is 6.28. The lowest BCUT2D eigenvalue weighted by atomic mass is 10.0. The van der Waals surface area contributed by atoms with Gasteiger partial charge in [0.25, 0.3) is 0 Å². The van der Waals surface area contributed by atoms with E-state index in [4.69, 9.17) is 9.47 Å². The lowest BCUT2D eigenvalue weighted by Gasteiger charge is -2.29. The van der Waals surface area contributed by atoms with Crippen molar-refractivity contribution in [2.24, 2.45) is 0 Å². The number of rotatable bonds is 6. The fourth-order valence-corrected chi connectivity index (χ4v) is 2.99. The largest absolute Gasteiger partial charge is 0.460 e. The Morgan fingerprint density at radius 2 is 2.10 bits per heavy atom. The monoisotopic (exact) mass is 386 g/mol. The fraction of sp³-hybridized carbons (Fsp3) is 0.529. The number of hydrogen-bond donors (Lipinski definition) is 0. The predicted molar refractivity (Wildman–Crippen MR) is 91.9 cm³/mol. The van der Waals surface area contributed by atoms with E-state index in [1.165, 1.54) is 14.7 Å². The van der Waals surface area contributed by atoms with Crippen LogP contribution in [0, 0.1) is 3.57 Å². The molecule has 1 heterocycles. The van der Waals surface area contributed by atoms with Crippen molar-refractivity contribution in [1.29, 1.82) is 0 Å². The fourth-order valence-electron chi connectivity index (χ4n) is 2.48. The molecule has 0 aromatic heterocycles. The van der Waals surface area contributed by atoms with Crippen molar-refractivity contribution in [3.05, 3.63) is 32.9 Å². The van der Waals surface area contributed by atoms with Gasteiger partial charge in [-0.2, -0.15) is 0 Å². The first-order valence-corrected chi connectivity index (χ1v) is 8.54. The molecule has 0 saturated carbocycles. The normalized spacial score (nSPS) is 19.0. The summed E-state index contributed by atoms with van der Waals surface area (Å²) in [6.45, 7) is 6.50. The van der Waals surface area contributed by atoms with Gasteiger partial charge in [-0.3, -0.25) is 0 Å². The van der Waals surface area contributed by atoms with Crippen LogP contribution in [0.4, 0.5) is 0 Å². The Balaban J connectivity index is 2.20. The Morgan fingerprint density at radius 3 is 2.80 bits per heavy atom. The summed E-state index contributed by atoms with van der Waals surface area (Å²) in [5, 5.41) is 0. The second kappa shape index (κ2) is 7.46. The molecule has 1 aliphatic rings. The quantitative estimate of drug-likeness (QED) is 0.610. The molecule has 3 heteroatoms. The van der Waals surface area contributed by atoms with E-state index in [1.807, 2.05) is 6.07 Å². The van der Waals surface area contributed by atoms with E-state index in [-0.39, 0.29) is 12.4 Å². The summed E-state index contributed by atoms with van der Waals surface area (Å²) in [5.74, 6) is 0.930. The van der Waals surface area contributed by atoms with Crippen LogP contribution in [0.2, 0.25) is 0 Å². The molecule has 2 atom stereocenters. The van der Waals surface area contributed by atoms with Crippen LogP contribution in [0.5, 0.6) is 5.75 Å². The van der Waals surface area contributed by atoms with Crippen LogP contribution in [0.3, 0.4) is 0 Å². The Bertz CT molecular complexity index is 482. The zero-order chi connectivity index (χ0) is 14.5. The zero-order valence-electron chi connectivity index (χ0n) is 12.5. The molecule has 0 radical (unpaired) electrons. The van der Waals surface area contributed by atoms with Crippen molar-refractivity contribution in [3.8, 4) is 5.75 Å². The molecular weight excluding hydrogens is 363 g/mol. The summed E-state index contributed by atoms with van der Waals surface area (Å²) < 4.78 is 13.4. The van der Waals surface area contributed by atoms with Crippen LogP contribution >= 0.6 is 22.6 Å². The first-order chi connectivity index (χ1) is 9.63. The van der Waals surface area contributed by atoms with E-state index in [1.54, 1.807) is 0 Å². The molecule has 0 aliphatic carbocycles. The molecule has 0 saturated heterocycles. The van der Waals surface area contributed by atoms with Gasteiger partial charge >= 0.3 is 0 Å². The average Bonchev–Trinajstić information content (AvgIpc) is 2.40. The first kappa shape index (κ1) is 15.8. The number of hydrogen-bond acceptors (Lipinski definition) is 2. The first-order valence-electron chi connectivity index (χ1n) is 7.46. The summed E-state index contributed by atoms with van der Waals surface area (Å²) in [5.41, 5.74) is 2.42. The van der Waals surface area contributed by atoms with Gasteiger partial charge in [-0.05, 0) is 72.2 Å². The van der Waals surface area contributed by atoms with Crippen molar-refractivity contribution in [1.82, 2.24) is 0 Å². The van der Waals surface area contributed by atoms with Crippen LogP contribution in [-0.4, -0.2) is 12.4 Å². The molecular formula is C17H23IO2. The molecule has 1 aromatic rings. The van der Waals surface area contributed by atoms with Crippen LogP contribution in [0.25, 0.3) is 6.08 Å². The van der Waals surface area contributed by atoms with Crippen LogP contribution in [-0.2, 0) is 4.74 Å². The molecule has 2 unspecified atom stereocenters. The summed E-state index contributed by atoms with van der Waals surface area (Å²) in [7, 11) is 0. The van der Waals surface area contributed by atoms with Gasteiger partial charge in [0.2, 0.25) is 6.29 Å². The Morgan fingerprint density at radius 1 is 1.30 bits per heavy atom. The van der Waals surface area contributed by atoms with E-state index in [0.29, 0.717) is 0 Å². The van der Waals surface area contributed by atoms with E-state index in [9.17, 15) is 0 Å². The molecule has 0 amide bonds. The van der Waals surface area contributed by atoms with Gasteiger partial charge < -0.3 is 9.47 Å². The molecule has 2 rings (SSSR count). The summed E-state index contributed by atoms with van der Waals surface area (Å²) in [6.07, 6.45) is 6.59. The Hall–Kier alpha value is -0.550. The smallest absolute Gasteiger partial charge is 0.223 e. The SMILES string of the molecule is CCCC1=Cc2cc(I)ccc2OC1OC(C)CCC. The van der Waals surface area contributed by atoms with Crippen molar-refractivity contribution in [3.63, 3.8) is 0 Å². The molecule has 2 nitrogen and oxygen atoms in total. The van der Waals surface area contributed by atoms with Crippen molar-refractivity contribution >= 4 is 28.7 Å². The highest BCUT2D eigenvalue weighted by atomic mass is 127. The topological polar surface area (TPSA) is 18.5 Å². The maximum atomic E-state index is 6.09. The zero-order valence-corrected chi connectivity index (χ0v) is 14.6. The van der Waals surface area contributed by atoms with E-state index in [0.717, 1.165) is 31.4 Å². The van der Waals surface area contributed by atoms with Gasteiger partial charge in [-0.15, -0.1) is 0 Å². The standard InChI is InChI=1S/C17H23IO2/c1-4-6-12(3)19-17-13(7-5-2)10-14-11-15(18)8-9-16(14)20-17/h8-12,17H,4-7H2,1-3H3. The van der Waals surface area contributed by atoms with Gasteiger partial charge in [0.1, 0.15) is 5.75 Å². The minimum absolute atomic E-state index is 0.218. The molecule has 1 aromatic carbocycles. The van der Waals surface area contributed by atoms with E-state index < -0.39 is 0 Å². The van der Waals surface area contributed by atoms with Gasteiger partial charge in [-0.25, -0.2) is 0 Å². The second-order valence-corrected chi connectivity index (χ2v) is 6.58. The van der Waals surface area contributed by atoms with Crippen molar-refractivity contribution in [2.75, 3.05) is 0 Å². The maximum Gasteiger partial charge on any atom is 0.223 e. The van der Waals surface area contributed by atoms with Crippen LogP contribution in [0.15, 0.2) is 23.8 Å². The van der Waals surface area contributed by atoms with Crippen LogP contribution < -0.4 is 4.74 Å². The van der Waals surface area contributed by atoms with E-state index in [2.05, 4.69) is 61.6 Å². The maximum absolute atomic E-state index is 6.09. The van der Waals surface area contributed by atoms with Crippen molar-refractivity contribution < 1.29 is 9.47 Å². The number of fused-ring (bicyclic) bond motifs is 1. The second-order valence-electron chi connectivity index (χ2n) is 5.34. The molecule has 1 aliphatic heterocycles. The van der Waals surface area contributed by atoms with E-state index >= 15 is 0 Å². The minimum atomic E-state index is -0.218. The molecule has 20 heavy (non-hydrogen) atoms. The summed E-state index contributed by atoms with van der Waals surface area (Å²) >= 11 is 2.33. The van der Waals surface area contributed by atoms with Gasteiger partial charge in [0.15, 0.2) is 0 Å². The third kappa shape index (κ3) is 3.98. The molecule has 110 valence electrons. The Labute approximate surface area is 135 Å². The average molecular weight is 386 g/mol. The number of halogens is 1. The highest BCUT2D eigenvalue weighted by Gasteiger charge is 2.24. The van der Waals surface area contributed by atoms with Gasteiger partial charge in [-0.1, -0.05) is 26.7 Å². The van der Waals surface area contributed by atoms with Gasteiger partial charge in [0.05, 0.1) is 6.10 Å². The minimum Gasteiger partial charge on any atom is -0.460 e. The summed E-state index contributed by atoms with van der Waals surface area (Å²) in [4.78, 5) is 0. The molecule has 0 N–H and O–H groups in total.